The van der Waals surface area contributed by atoms with Crippen molar-refractivity contribution in [2.75, 3.05) is 19.6 Å². The summed E-state index contributed by atoms with van der Waals surface area (Å²) in [5.41, 5.74) is 2.80. The molecule has 8 heteroatoms. The molecule has 1 aliphatic carbocycles. The number of rotatable bonds is 5. The first-order valence-corrected chi connectivity index (χ1v) is 10.1. The number of nitrogens with zero attached hydrogens (tertiary/aromatic N) is 7. The van der Waals surface area contributed by atoms with Gasteiger partial charge in [-0.3, -0.25) is 9.36 Å². The molecule has 4 heterocycles. The third kappa shape index (κ3) is 3.44. The van der Waals surface area contributed by atoms with Crippen molar-refractivity contribution in [3.63, 3.8) is 0 Å². The highest BCUT2D eigenvalue weighted by atomic mass is 16.1. The normalized spacial score (nSPS) is 18.8. The van der Waals surface area contributed by atoms with Gasteiger partial charge in [0.25, 0.3) is 5.56 Å². The van der Waals surface area contributed by atoms with Crippen LogP contribution in [0.1, 0.15) is 54.7 Å². The standard InChI is InChI=1S/C20H25N7O/c1-14-12-19(28)26(13-21-14)11-10-25-8-6-16(7-9-25)20-23-22-18-5-4-17(15-2-3-15)24-27(18)20/h4-5,12-13,15-16H,2-3,6-11H2,1H3. The fourth-order valence-corrected chi connectivity index (χ4v) is 4.02. The van der Waals surface area contributed by atoms with Crippen molar-refractivity contribution in [2.24, 2.45) is 0 Å². The monoisotopic (exact) mass is 379 g/mol. The quantitative estimate of drug-likeness (QED) is 0.672. The average molecular weight is 379 g/mol. The number of hydrogen-bond acceptors (Lipinski definition) is 6. The van der Waals surface area contributed by atoms with E-state index in [0.29, 0.717) is 18.4 Å². The van der Waals surface area contributed by atoms with E-state index in [0.717, 1.165) is 49.6 Å². The van der Waals surface area contributed by atoms with Crippen molar-refractivity contribution in [1.82, 2.24) is 34.3 Å². The lowest BCUT2D eigenvalue weighted by atomic mass is 9.96. The summed E-state index contributed by atoms with van der Waals surface area (Å²) in [6.45, 7) is 5.37. The van der Waals surface area contributed by atoms with E-state index in [-0.39, 0.29) is 5.56 Å². The maximum absolute atomic E-state index is 12.0. The second-order valence-corrected chi connectivity index (χ2v) is 8.04. The molecule has 1 aliphatic heterocycles. The van der Waals surface area contributed by atoms with Gasteiger partial charge in [-0.05, 0) is 57.8 Å². The van der Waals surface area contributed by atoms with Crippen molar-refractivity contribution in [1.29, 1.82) is 0 Å². The molecule has 0 N–H and O–H groups in total. The van der Waals surface area contributed by atoms with Gasteiger partial charge in [-0.15, -0.1) is 10.2 Å². The molecule has 0 radical (unpaired) electrons. The Morgan fingerprint density at radius 1 is 1.04 bits per heavy atom. The molecule has 1 saturated heterocycles. The molecular weight excluding hydrogens is 354 g/mol. The maximum atomic E-state index is 12.0. The first kappa shape index (κ1) is 17.5. The van der Waals surface area contributed by atoms with Crippen LogP contribution in [0.3, 0.4) is 0 Å². The van der Waals surface area contributed by atoms with E-state index in [2.05, 4.69) is 26.1 Å². The Kier molecular flexibility index (Phi) is 4.43. The van der Waals surface area contributed by atoms with Gasteiger partial charge in [0.15, 0.2) is 11.5 Å². The molecule has 0 unspecified atom stereocenters. The number of likely N-dealkylation sites (tertiary alicyclic amines) is 1. The summed E-state index contributed by atoms with van der Waals surface area (Å²) in [5.74, 6) is 2.01. The van der Waals surface area contributed by atoms with Gasteiger partial charge in [0.05, 0.1) is 12.0 Å². The highest BCUT2D eigenvalue weighted by Crippen LogP contribution is 2.39. The molecule has 3 aromatic rings. The SMILES string of the molecule is Cc1cc(=O)n(CCN2CCC(c3nnc4ccc(C5CC5)nn34)CC2)cn1. The molecule has 2 fully saturated rings. The number of aryl methyl sites for hydroxylation is 1. The van der Waals surface area contributed by atoms with Crippen LogP contribution in [-0.4, -0.2) is 53.9 Å². The molecule has 0 atom stereocenters. The number of fused-ring (bicyclic) bond motifs is 1. The first-order valence-electron chi connectivity index (χ1n) is 10.1. The Balaban J connectivity index is 1.23. The smallest absolute Gasteiger partial charge is 0.253 e. The highest BCUT2D eigenvalue weighted by Gasteiger charge is 2.28. The van der Waals surface area contributed by atoms with E-state index in [1.54, 1.807) is 17.0 Å². The van der Waals surface area contributed by atoms with E-state index in [9.17, 15) is 4.79 Å². The van der Waals surface area contributed by atoms with Crippen LogP contribution in [0.15, 0.2) is 29.3 Å². The molecule has 0 spiro atoms. The molecule has 0 bridgehead atoms. The van der Waals surface area contributed by atoms with Gasteiger partial charge < -0.3 is 4.90 Å². The average Bonchev–Trinajstić information content (AvgIpc) is 3.47. The van der Waals surface area contributed by atoms with Crippen molar-refractivity contribution in [3.05, 3.63) is 52.1 Å². The third-order valence-corrected chi connectivity index (χ3v) is 5.93. The fourth-order valence-electron chi connectivity index (χ4n) is 4.02. The minimum atomic E-state index is 0.0230. The molecule has 146 valence electrons. The summed E-state index contributed by atoms with van der Waals surface area (Å²) < 4.78 is 3.65. The third-order valence-electron chi connectivity index (χ3n) is 5.93. The Labute approximate surface area is 163 Å². The fraction of sp³-hybridized carbons (Fsp3) is 0.550. The Bertz CT molecular complexity index is 1040. The topological polar surface area (TPSA) is 81.2 Å². The van der Waals surface area contributed by atoms with E-state index in [4.69, 9.17) is 5.10 Å². The molecular formula is C20H25N7O. The second-order valence-electron chi connectivity index (χ2n) is 8.04. The molecule has 2 aliphatic rings. The van der Waals surface area contributed by atoms with Crippen LogP contribution in [-0.2, 0) is 6.54 Å². The second kappa shape index (κ2) is 7.09. The number of aromatic nitrogens is 6. The predicted molar refractivity (Wildman–Crippen MR) is 104 cm³/mol. The largest absolute Gasteiger partial charge is 0.302 e. The van der Waals surface area contributed by atoms with Crippen LogP contribution in [0, 0.1) is 6.92 Å². The van der Waals surface area contributed by atoms with Crippen molar-refractivity contribution < 1.29 is 0 Å². The van der Waals surface area contributed by atoms with Crippen LogP contribution in [0.25, 0.3) is 5.65 Å². The summed E-state index contributed by atoms with van der Waals surface area (Å²) in [7, 11) is 0. The lowest BCUT2D eigenvalue weighted by Crippen LogP contribution is -2.37. The summed E-state index contributed by atoms with van der Waals surface area (Å²) >= 11 is 0. The minimum absolute atomic E-state index is 0.0230. The van der Waals surface area contributed by atoms with Gasteiger partial charge >= 0.3 is 0 Å². The van der Waals surface area contributed by atoms with Crippen LogP contribution in [0.5, 0.6) is 0 Å². The first-order chi connectivity index (χ1) is 13.7. The molecule has 0 aromatic carbocycles. The molecule has 5 rings (SSSR count). The Morgan fingerprint density at radius 3 is 2.61 bits per heavy atom. The lowest BCUT2D eigenvalue weighted by molar-refractivity contribution is 0.200. The van der Waals surface area contributed by atoms with Crippen molar-refractivity contribution in [2.45, 2.75) is 51.0 Å². The predicted octanol–water partition coefficient (Wildman–Crippen LogP) is 1.75. The van der Waals surface area contributed by atoms with E-state index in [1.807, 2.05) is 17.5 Å². The minimum Gasteiger partial charge on any atom is -0.302 e. The molecule has 28 heavy (non-hydrogen) atoms. The molecule has 0 amide bonds. The zero-order valence-corrected chi connectivity index (χ0v) is 16.2. The lowest BCUT2D eigenvalue weighted by Gasteiger charge is -2.31. The van der Waals surface area contributed by atoms with Gasteiger partial charge in [-0.2, -0.15) is 9.61 Å². The van der Waals surface area contributed by atoms with E-state index in [1.165, 1.54) is 18.5 Å². The van der Waals surface area contributed by atoms with Gasteiger partial charge in [-0.1, -0.05) is 0 Å². The molecule has 3 aromatic heterocycles. The van der Waals surface area contributed by atoms with Gasteiger partial charge in [0.2, 0.25) is 0 Å². The summed E-state index contributed by atoms with van der Waals surface area (Å²) in [6.07, 6.45) is 6.21. The summed E-state index contributed by atoms with van der Waals surface area (Å²) in [4.78, 5) is 18.6. The summed E-state index contributed by atoms with van der Waals surface area (Å²) in [6, 6.07) is 5.72. The van der Waals surface area contributed by atoms with E-state index >= 15 is 0 Å². The van der Waals surface area contributed by atoms with E-state index < -0.39 is 0 Å². The highest BCUT2D eigenvalue weighted by molar-refractivity contribution is 5.38. The van der Waals surface area contributed by atoms with Crippen LogP contribution < -0.4 is 5.56 Å². The molecule has 1 saturated carbocycles. The zero-order valence-electron chi connectivity index (χ0n) is 16.2. The van der Waals surface area contributed by atoms with Gasteiger partial charge in [0, 0.05) is 36.7 Å². The maximum Gasteiger partial charge on any atom is 0.253 e. The molecule has 8 nitrogen and oxygen atoms in total. The Hall–Kier alpha value is -2.61. The van der Waals surface area contributed by atoms with Crippen molar-refractivity contribution >= 4 is 5.65 Å². The van der Waals surface area contributed by atoms with Gasteiger partial charge in [-0.25, -0.2) is 4.98 Å². The van der Waals surface area contributed by atoms with Crippen LogP contribution in [0.4, 0.5) is 0 Å². The van der Waals surface area contributed by atoms with Gasteiger partial charge in [0.1, 0.15) is 0 Å². The Morgan fingerprint density at radius 2 is 1.86 bits per heavy atom. The number of piperidine rings is 1. The van der Waals surface area contributed by atoms with Crippen LogP contribution >= 0.6 is 0 Å². The van der Waals surface area contributed by atoms with Crippen LogP contribution in [0.2, 0.25) is 0 Å². The summed E-state index contributed by atoms with van der Waals surface area (Å²) in [5, 5.41) is 13.6. The van der Waals surface area contributed by atoms with Crippen molar-refractivity contribution in [3.8, 4) is 0 Å². The number of hydrogen-bond donors (Lipinski definition) is 0. The zero-order chi connectivity index (χ0) is 19.1.